The molecule has 0 radical (unpaired) electrons. The van der Waals surface area contributed by atoms with Crippen molar-refractivity contribution in [3.63, 3.8) is 0 Å². The van der Waals surface area contributed by atoms with Crippen LogP contribution in [-0.4, -0.2) is 37.6 Å². The second kappa shape index (κ2) is 26.4. The van der Waals surface area contributed by atoms with Crippen molar-refractivity contribution >= 4 is 17.8 Å². The van der Waals surface area contributed by atoms with Crippen LogP contribution in [-0.2, 0) is 23.9 Å². The van der Waals surface area contributed by atoms with Gasteiger partial charge in [-0.25, -0.2) is 14.2 Å². The summed E-state index contributed by atoms with van der Waals surface area (Å²) < 4.78 is 13.6. The highest BCUT2D eigenvalue weighted by atomic mass is 16.5. The summed E-state index contributed by atoms with van der Waals surface area (Å²) in [6.07, 6.45) is 27.8. The number of hydrogen-bond acceptors (Lipinski definition) is 6. The molecule has 1 aliphatic heterocycles. The standard InChI is InChI=1S/C42H67N3O5/c1-6-8-9-10-11-12-14-17-20-26-32-49-41(47)37-35(4)44-36(5)38(39(37)40(46)43-29-7-2)42(48)50-33-27-21-18-15-13-16-19-23-28-34(3)45-30-24-22-25-31-45/h7,22,24-25,30-31,34,39H,2,6,8-21,23,26-29,32-33H2,1,3-5H3,(H-,43,44,46,47,48)/p+1. The highest BCUT2D eigenvalue weighted by Crippen LogP contribution is 2.32. The van der Waals surface area contributed by atoms with Crippen molar-refractivity contribution in [3.8, 4) is 0 Å². The average molecular weight is 695 g/mol. The van der Waals surface area contributed by atoms with Gasteiger partial charge in [0.1, 0.15) is 5.92 Å². The highest BCUT2D eigenvalue weighted by molar-refractivity contribution is 6.06. The number of nitrogens with one attached hydrogen (secondary N) is 2. The molecule has 2 heterocycles. The maximum atomic E-state index is 13.4. The summed E-state index contributed by atoms with van der Waals surface area (Å²) in [5.74, 6) is -2.72. The Balaban J connectivity index is 1.75. The van der Waals surface area contributed by atoms with Gasteiger partial charge in [-0.15, -0.1) is 6.58 Å². The normalized spacial score (nSPS) is 15.0. The van der Waals surface area contributed by atoms with Crippen molar-refractivity contribution < 1.29 is 28.4 Å². The van der Waals surface area contributed by atoms with Crippen molar-refractivity contribution in [3.05, 3.63) is 65.8 Å². The number of hydrogen-bond donors (Lipinski definition) is 2. The topological polar surface area (TPSA) is 97.6 Å². The third kappa shape index (κ3) is 16.5. The molecule has 0 spiro atoms. The summed E-state index contributed by atoms with van der Waals surface area (Å²) >= 11 is 0. The number of aromatic nitrogens is 1. The third-order valence-electron chi connectivity index (χ3n) is 9.61. The second-order valence-electron chi connectivity index (χ2n) is 13.9. The number of esters is 2. The van der Waals surface area contributed by atoms with E-state index in [2.05, 4.69) is 66.2 Å². The van der Waals surface area contributed by atoms with E-state index in [0.717, 1.165) is 38.5 Å². The molecule has 8 nitrogen and oxygen atoms in total. The monoisotopic (exact) mass is 695 g/mol. The van der Waals surface area contributed by atoms with E-state index in [1.807, 2.05) is 0 Å². The van der Waals surface area contributed by atoms with Gasteiger partial charge in [-0.3, -0.25) is 4.79 Å². The Morgan fingerprint density at radius 3 is 1.64 bits per heavy atom. The van der Waals surface area contributed by atoms with Crippen LogP contribution in [0.2, 0.25) is 0 Å². The molecule has 0 bridgehead atoms. The molecule has 8 heteroatoms. The number of allylic oxidation sites excluding steroid dienone is 2. The first-order chi connectivity index (χ1) is 24.3. The quantitative estimate of drug-likeness (QED) is 0.0393. The largest absolute Gasteiger partial charge is 0.462 e. The molecule has 1 aromatic rings. The predicted molar refractivity (Wildman–Crippen MR) is 202 cm³/mol. The van der Waals surface area contributed by atoms with Gasteiger partial charge >= 0.3 is 11.9 Å². The van der Waals surface area contributed by atoms with Gasteiger partial charge in [0.25, 0.3) is 0 Å². The van der Waals surface area contributed by atoms with Crippen LogP contribution in [0.25, 0.3) is 0 Å². The molecule has 1 amide bonds. The van der Waals surface area contributed by atoms with Gasteiger partial charge < -0.3 is 20.1 Å². The molecule has 0 saturated carbocycles. The smallest absolute Gasteiger partial charge is 0.336 e. The third-order valence-corrected chi connectivity index (χ3v) is 9.61. The zero-order chi connectivity index (χ0) is 36.4. The van der Waals surface area contributed by atoms with Gasteiger partial charge in [0, 0.05) is 36.5 Å². The molecule has 280 valence electrons. The Hall–Kier alpha value is -3.42. The maximum Gasteiger partial charge on any atom is 0.336 e. The first kappa shape index (κ1) is 42.7. The van der Waals surface area contributed by atoms with Crippen molar-refractivity contribution in [2.45, 2.75) is 156 Å². The van der Waals surface area contributed by atoms with E-state index >= 15 is 0 Å². The Labute approximate surface area is 303 Å². The van der Waals surface area contributed by atoms with E-state index in [1.165, 1.54) is 83.5 Å². The van der Waals surface area contributed by atoms with Crippen LogP contribution in [0.3, 0.4) is 0 Å². The van der Waals surface area contributed by atoms with Crippen LogP contribution in [0.15, 0.2) is 65.8 Å². The molecule has 0 aliphatic carbocycles. The van der Waals surface area contributed by atoms with Gasteiger partial charge in [0.15, 0.2) is 18.4 Å². The average Bonchev–Trinajstić information content (AvgIpc) is 3.11. The van der Waals surface area contributed by atoms with E-state index in [1.54, 1.807) is 19.9 Å². The fraction of sp³-hybridized carbons (Fsp3) is 0.667. The summed E-state index contributed by atoms with van der Waals surface area (Å²) in [5, 5.41) is 5.91. The van der Waals surface area contributed by atoms with E-state index < -0.39 is 23.8 Å². The molecular weight excluding hydrogens is 626 g/mol. The molecule has 0 saturated heterocycles. The first-order valence-electron chi connectivity index (χ1n) is 19.7. The van der Waals surface area contributed by atoms with Crippen molar-refractivity contribution in [1.29, 1.82) is 0 Å². The molecule has 50 heavy (non-hydrogen) atoms. The van der Waals surface area contributed by atoms with E-state index in [4.69, 9.17) is 9.47 Å². The van der Waals surface area contributed by atoms with Gasteiger partial charge in [0.2, 0.25) is 5.91 Å². The van der Waals surface area contributed by atoms with Crippen LogP contribution < -0.4 is 15.2 Å². The zero-order valence-corrected chi connectivity index (χ0v) is 31.9. The number of carbonyl (C=O) groups is 3. The first-order valence-corrected chi connectivity index (χ1v) is 19.7. The van der Waals surface area contributed by atoms with Crippen molar-refractivity contribution in [2.24, 2.45) is 5.92 Å². The molecule has 1 aromatic heterocycles. The minimum absolute atomic E-state index is 0.156. The minimum atomic E-state index is -1.11. The SMILES string of the molecule is C=CCNC(=O)C1C(C(=O)OCCCCCCCCCCCC)=C(C)NC(C)=C1C(=O)OCCCCCCCCCCC(C)[n+]1ccccc1. The van der Waals surface area contributed by atoms with Crippen molar-refractivity contribution in [1.82, 2.24) is 10.6 Å². The number of amides is 1. The zero-order valence-electron chi connectivity index (χ0n) is 31.9. The fourth-order valence-electron chi connectivity index (χ4n) is 6.60. The van der Waals surface area contributed by atoms with Crippen LogP contribution in [0.1, 0.15) is 156 Å². The molecular formula is C42H68N3O5+. The molecule has 0 aromatic carbocycles. The summed E-state index contributed by atoms with van der Waals surface area (Å²) in [7, 11) is 0. The lowest BCUT2D eigenvalue weighted by Gasteiger charge is -2.29. The van der Waals surface area contributed by atoms with Crippen LogP contribution in [0.4, 0.5) is 0 Å². The van der Waals surface area contributed by atoms with E-state index in [-0.39, 0.29) is 30.9 Å². The van der Waals surface area contributed by atoms with Gasteiger partial charge in [-0.1, -0.05) is 115 Å². The Bertz CT molecular complexity index is 1210. The Morgan fingerprint density at radius 2 is 1.18 bits per heavy atom. The molecule has 0 fully saturated rings. The van der Waals surface area contributed by atoms with Crippen LogP contribution in [0.5, 0.6) is 0 Å². The lowest BCUT2D eigenvalue weighted by atomic mass is 9.84. The summed E-state index contributed by atoms with van der Waals surface area (Å²) in [6.45, 7) is 12.4. The van der Waals surface area contributed by atoms with E-state index in [0.29, 0.717) is 17.4 Å². The lowest BCUT2D eigenvalue weighted by Crippen LogP contribution is -2.42. The minimum Gasteiger partial charge on any atom is -0.462 e. The maximum absolute atomic E-state index is 13.4. The number of rotatable bonds is 28. The van der Waals surface area contributed by atoms with Crippen molar-refractivity contribution in [2.75, 3.05) is 19.8 Å². The van der Waals surface area contributed by atoms with Gasteiger partial charge in [0.05, 0.1) is 24.4 Å². The fourth-order valence-corrected chi connectivity index (χ4v) is 6.60. The molecule has 1 aliphatic rings. The number of unbranched alkanes of at least 4 members (excludes halogenated alkanes) is 16. The lowest BCUT2D eigenvalue weighted by molar-refractivity contribution is -0.720. The molecule has 2 rings (SSSR count). The number of carbonyl (C=O) groups excluding carboxylic acids is 3. The Morgan fingerprint density at radius 1 is 0.740 bits per heavy atom. The summed E-state index contributed by atoms with van der Waals surface area (Å²) in [6, 6.07) is 6.74. The predicted octanol–water partition coefficient (Wildman–Crippen LogP) is 9.12. The molecule has 2 N–H and O–H groups in total. The van der Waals surface area contributed by atoms with E-state index in [9.17, 15) is 14.4 Å². The number of nitrogens with zero attached hydrogens (tertiary/aromatic N) is 1. The highest BCUT2D eigenvalue weighted by Gasteiger charge is 2.41. The summed E-state index contributed by atoms with van der Waals surface area (Å²) in [4.78, 5) is 40.2. The van der Waals surface area contributed by atoms with Crippen LogP contribution in [0, 0.1) is 5.92 Å². The van der Waals surface area contributed by atoms with Gasteiger partial charge in [-0.05, 0) is 40.0 Å². The second-order valence-corrected chi connectivity index (χ2v) is 13.9. The van der Waals surface area contributed by atoms with Gasteiger partial charge in [-0.2, -0.15) is 0 Å². The Kier molecular flexibility index (Phi) is 22.6. The molecule has 2 unspecified atom stereocenters. The number of pyridine rings is 1. The number of dihydropyridines is 1. The van der Waals surface area contributed by atoms with Crippen LogP contribution >= 0.6 is 0 Å². The molecule has 2 atom stereocenters. The summed E-state index contributed by atoms with van der Waals surface area (Å²) in [5.41, 5.74) is 1.33. The number of ether oxygens (including phenoxy) is 2.